The first-order valence-corrected chi connectivity index (χ1v) is 12.9. The van der Waals surface area contributed by atoms with E-state index in [-0.39, 0.29) is 11.8 Å². The van der Waals surface area contributed by atoms with Gasteiger partial charge in [0, 0.05) is 30.1 Å². The van der Waals surface area contributed by atoms with Gasteiger partial charge in [-0.1, -0.05) is 0 Å². The molecule has 1 atom stereocenters. The van der Waals surface area contributed by atoms with E-state index >= 15 is 0 Å². The van der Waals surface area contributed by atoms with Gasteiger partial charge in [0.05, 0.1) is 36.7 Å². The monoisotopic (exact) mass is 488 g/mol. The zero-order chi connectivity index (χ0) is 24.4. The van der Waals surface area contributed by atoms with Crippen molar-refractivity contribution in [3.63, 3.8) is 0 Å². The van der Waals surface area contributed by atoms with E-state index in [1.807, 2.05) is 25.0 Å². The number of hydrogen-bond donors (Lipinski definition) is 1. The Labute approximate surface area is 208 Å². The summed E-state index contributed by atoms with van der Waals surface area (Å²) in [7, 11) is 0. The lowest BCUT2D eigenvalue weighted by atomic mass is 9.86. The molecule has 2 aliphatic rings. The largest absolute Gasteiger partial charge is 0.492 e. The molecule has 9 heteroatoms. The Hall–Kier alpha value is -3.51. The van der Waals surface area contributed by atoms with Gasteiger partial charge in [0.25, 0.3) is 0 Å². The Bertz CT molecular complexity index is 1340. The van der Waals surface area contributed by atoms with Gasteiger partial charge in [-0.3, -0.25) is 9.79 Å². The fraction of sp³-hybridized carbons (Fsp3) is 0.423. The zero-order valence-corrected chi connectivity index (χ0v) is 20.8. The molecule has 1 amide bonds. The smallest absolute Gasteiger partial charge is 0.226 e. The van der Waals surface area contributed by atoms with Crippen molar-refractivity contribution in [2.75, 3.05) is 25.0 Å². The normalized spacial score (nSPS) is 16.0. The molecule has 1 unspecified atom stereocenters. The molecule has 0 saturated heterocycles. The van der Waals surface area contributed by atoms with Gasteiger partial charge in [-0.25, -0.2) is 9.97 Å². The molecule has 180 valence electrons. The lowest BCUT2D eigenvalue weighted by Crippen LogP contribution is -2.38. The molecule has 0 fully saturated rings. The Balaban J connectivity index is 1.45. The molecular formula is C26H28N6O2S. The van der Waals surface area contributed by atoms with Crippen LogP contribution >= 0.6 is 11.3 Å². The predicted octanol–water partition coefficient (Wildman–Crippen LogP) is 4.63. The number of fused-ring (bicyclic) bond motifs is 4. The zero-order valence-electron chi connectivity index (χ0n) is 20.0. The number of hydrogen-bond acceptors (Lipinski definition) is 8. The van der Waals surface area contributed by atoms with Gasteiger partial charge in [0.2, 0.25) is 5.91 Å². The van der Waals surface area contributed by atoms with E-state index in [9.17, 15) is 4.79 Å². The van der Waals surface area contributed by atoms with Gasteiger partial charge in [-0.05, 0) is 61.9 Å². The minimum Gasteiger partial charge on any atom is -0.492 e. The van der Waals surface area contributed by atoms with E-state index in [0.717, 1.165) is 51.4 Å². The molecule has 35 heavy (non-hydrogen) atoms. The number of aromatic nitrogens is 2. The summed E-state index contributed by atoms with van der Waals surface area (Å²) in [6.45, 7) is 6.32. The summed E-state index contributed by atoms with van der Waals surface area (Å²) in [5.41, 5.74) is 4.34. The van der Waals surface area contributed by atoms with E-state index < -0.39 is 0 Å². The number of benzene rings is 1. The number of carbonyl (C=O) groups excluding carboxylic acids is 1. The molecule has 0 saturated carbocycles. The molecule has 1 aliphatic carbocycles. The minimum absolute atomic E-state index is 0.0564. The van der Waals surface area contributed by atoms with Gasteiger partial charge in [-0.2, -0.15) is 5.26 Å². The standard InChI is InChI=1S/C26H28N6O2S/c1-3-32(9-5-8-27)26(33)16-6-7-19-22(12-16)35-25-23(19)24(29-15-30-25)31-20-10-17-13-28-14-18(17)11-21(20)34-4-2/h10-11,13,15-16H,3-7,9,12,14H2,1-2H3,(H,29,30,31). The number of ether oxygens (including phenoxy) is 1. The van der Waals surface area contributed by atoms with Crippen LogP contribution in [-0.4, -0.2) is 46.7 Å². The second-order valence-corrected chi connectivity index (χ2v) is 9.83. The second kappa shape index (κ2) is 10.0. The predicted molar refractivity (Wildman–Crippen MR) is 138 cm³/mol. The molecule has 5 rings (SSSR count). The van der Waals surface area contributed by atoms with Crippen LogP contribution in [0.3, 0.4) is 0 Å². The number of aliphatic imine (C=N–C) groups is 1. The van der Waals surface area contributed by atoms with Gasteiger partial charge in [0.15, 0.2) is 0 Å². The van der Waals surface area contributed by atoms with Crippen LogP contribution in [-0.2, 0) is 24.2 Å². The van der Waals surface area contributed by atoms with Crippen molar-refractivity contribution in [1.82, 2.24) is 14.9 Å². The molecule has 1 aromatic carbocycles. The Kier molecular flexibility index (Phi) is 6.64. The Morgan fingerprint density at radius 1 is 1.34 bits per heavy atom. The first kappa shape index (κ1) is 23.2. The van der Waals surface area contributed by atoms with E-state index in [1.54, 1.807) is 17.7 Å². The minimum atomic E-state index is -0.0564. The van der Waals surface area contributed by atoms with Crippen LogP contribution in [0.15, 0.2) is 23.5 Å². The summed E-state index contributed by atoms with van der Waals surface area (Å²) in [6.07, 6.45) is 6.14. The van der Waals surface area contributed by atoms with Crippen molar-refractivity contribution in [2.45, 2.75) is 46.1 Å². The van der Waals surface area contributed by atoms with E-state index in [2.05, 4.69) is 38.5 Å². The molecule has 2 aromatic heterocycles. The van der Waals surface area contributed by atoms with Crippen molar-refractivity contribution in [1.29, 1.82) is 5.26 Å². The highest BCUT2D eigenvalue weighted by atomic mass is 32.1. The molecule has 3 aromatic rings. The molecule has 1 N–H and O–H groups in total. The molecule has 3 heterocycles. The maximum Gasteiger partial charge on any atom is 0.226 e. The lowest BCUT2D eigenvalue weighted by Gasteiger charge is -2.28. The first-order chi connectivity index (χ1) is 17.1. The van der Waals surface area contributed by atoms with E-state index in [4.69, 9.17) is 10.00 Å². The number of aryl methyl sites for hydroxylation is 1. The number of nitriles is 1. The molecule has 0 radical (unpaired) electrons. The Morgan fingerprint density at radius 3 is 3.03 bits per heavy atom. The number of thiophene rings is 1. The van der Waals surface area contributed by atoms with Crippen molar-refractivity contribution in [3.05, 3.63) is 40.0 Å². The van der Waals surface area contributed by atoms with Crippen LogP contribution in [0.5, 0.6) is 5.75 Å². The number of carbonyl (C=O) groups is 1. The van der Waals surface area contributed by atoms with Crippen LogP contribution in [0.4, 0.5) is 11.5 Å². The quantitative estimate of drug-likeness (QED) is 0.496. The summed E-state index contributed by atoms with van der Waals surface area (Å²) in [6, 6.07) is 6.27. The topological polar surface area (TPSA) is 103 Å². The summed E-state index contributed by atoms with van der Waals surface area (Å²) < 4.78 is 5.92. The number of nitrogens with zero attached hydrogens (tertiary/aromatic N) is 5. The number of rotatable bonds is 8. The summed E-state index contributed by atoms with van der Waals surface area (Å²) >= 11 is 1.65. The summed E-state index contributed by atoms with van der Waals surface area (Å²) in [4.78, 5) is 30.6. The third-order valence-corrected chi connectivity index (χ3v) is 7.83. The average Bonchev–Trinajstić information content (AvgIpc) is 3.48. The van der Waals surface area contributed by atoms with Gasteiger partial charge >= 0.3 is 0 Å². The fourth-order valence-electron chi connectivity index (χ4n) is 4.92. The maximum absolute atomic E-state index is 13.1. The first-order valence-electron chi connectivity index (χ1n) is 12.1. The Morgan fingerprint density at radius 2 is 2.23 bits per heavy atom. The van der Waals surface area contributed by atoms with Gasteiger partial charge in [0.1, 0.15) is 22.7 Å². The highest BCUT2D eigenvalue weighted by Gasteiger charge is 2.31. The average molecular weight is 489 g/mol. The SMILES string of the molecule is CCOc1cc2c(cc1Nc1ncnc3sc4c(c13)CCC(C(=O)N(CC)CCC#N)C4)C=NC2. The van der Waals surface area contributed by atoms with Crippen LogP contribution < -0.4 is 10.1 Å². The second-order valence-electron chi connectivity index (χ2n) is 8.75. The van der Waals surface area contributed by atoms with Crippen LogP contribution in [0.1, 0.15) is 48.3 Å². The maximum atomic E-state index is 13.1. The third-order valence-electron chi connectivity index (χ3n) is 6.67. The van der Waals surface area contributed by atoms with Gasteiger partial charge in [-0.15, -0.1) is 11.3 Å². The lowest BCUT2D eigenvalue weighted by molar-refractivity contribution is -0.135. The summed E-state index contributed by atoms with van der Waals surface area (Å²) in [5, 5.41) is 13.5. The van der Waals surface area contributed by atoms with Gasteiger partial charge < -0.3 is 15.0 Å². The van der Waals surface area contributed by atoms with Crippen molar-refractivity contribution in [2.24, 2.45) is 10.9 Å². The third kappa shape index (κ3) is 4.46. The summed E-state index contributed by atoms with van der Waals surface area (Å²) in [5.74, 6) is 1.64. The molecule has 8 nitrogen and oxygen atoms in total. The van der Waals surface area contributed by atoms with Crippen LogP contribution in [0, 0.1) is 17.2 Å². The van der Waals surface area contributed by atoms with Crippen molar-refractivity contribution in [3.8, 4) is 11.8 Å². The van der Waals surface area contributed by atoms with Crippen LogP contribution in [0.25, 0.3) is 10.2 Å². The van der Waals surface area contributed by atoms with E-state index in [0.29, 0.717) is 39.1 Å². The van der Waals surface area contributed by atoms with E-state index in [1.165, 1.54) is 10.4 Å². The molecular weight excluding hydrogens is 460 g/mol. The number of anilines is 2. The highest BCUT2D eigenvalue weighted by molar-refractivity contribution is 7.19. The van der Waals surface area contributed by atoms with Crippen LogP contribution in [0.2, 0.25) is 0 Å². The molecule has 1 aliphatic heterocycles. The molecule has 0 bridgehead atoms. The molecule has 0 spiro atoms. The highest BCUT2D eigenvalue weighted by Crippen LogP contribution is 2.42. The van der Waals surface area contributed by atoms with Crippen molar-refractivity contribution >= 4 is 45.2 Å². The number of nitrogens with one attached hydrogen (secondary N) is 1. The number of amides is 1. The van der Waals surface area contributed by atoms with Crippen molar-refractivity contribution < 1.29 is 9.53 Å². The fourth-order valence-corrected chi connectivity index (χ4v) is 6.19.